The van der Waals surface area contributed by atoms with Crippen LogP contribution in [0.1, 0.15) is 38.5 Å². The van der Waals surface area contributed by atoms with E-state index >= 15 is 0 Å². The average Bonchev–Trinajstić information content (AvgIpc) is 2.52. The Bertz CT molecular complexity index is 241. The summed E-state index contributed by atoms with van der Waals surface area (Å²) in [4.78, 5) is 0. The fourth-order valence-corrected chi connectivity index (χ4v) is 1.61. The average molecular weight is 207 g/mol. The van der Waals surface area contributed by atoms with Crippen molar-refractivity contribution in [3.05, 3.63) is 36.2 Å². The van der Waals surface area contributed by atoms with Gasteiger partial charge in [0.15, 0.2) is 0 Å². The van der Waals surface area contributed by atoms with Crippen molar-refractivity contribution in [2.75, 3.05) is 6.61 Å². The SMILES string of the molecule is OCCCCCCCC1=CC=CC=CN1. The number of aliphatic hydroxyl groups excluding tert-OH is 1. The Labute approximate surface area is 92.4 Å². The molecule has 1 rings (SSSR count). The number of allylic oxidation sites excluding steroid dienone is 5. The first-order valence-electron chi connectivity index (χ1n) is 5.83. The van der Waals surface area contributed by atoms with Gasteiger partial charge in [-0.15, -0.1) is 0 Å². The number of nitrogens with one attached hydrogen (secondary N) is 1. The number of hydrogen-bond donors (Lipinski definition) is 2. The lowest BCUT2D eigenvalue weighted by Gasteiger charge is -2.05. The Hall–Kier alpha value is -1.02. The van der Waals surface area contributed by atoms with Gasteiger partial charge in [-0.1, -0.05) is 31.4 Å². The lowest BCUT2D eigenvalue weighted by molar-refractivity contribution is 0.282. The molecule has 2 heteroatoms. The predicted molar refractivity (Wildman–Crippen MR) is 64.3 cm³/mol. The Morgan fingerprint density at radius 1 is 0.933 bits per heavy atom. The molecule has 84 valence electrons. The largest absolute Gasteiger partial charge is 0.396 e. The van der Waals surface area contributed by atoms with Crippen LogP contribution in [0.15, 0.2) is 36.2 Å². The molecule has 0 aliphatic carbocycles. The molecule has 15 heavy (non-hydrogen) atoms. The highest BCUT2D eigenvalue weighted by atomic mass is 16.2. The van der Waals surface area contributed by atoms with Crippen LogP contribution < -0.4 is 5.32 Å². The third-order valence-corrected chi connectivity index (χ3v) is 2.49. The topological polar surface area (TPSA) is 32.3 Å². The van der Waals surface area contributed by atoms with Gasteiger partial charge >= 0.3 is 0 Å². The summed E-state index contributed by atoms with van der Waals surface area (Å²) in [7, 11) is 0. The van der Waals surface area contributed by atoms with E-state index in [9.17, 15) is 0 Å². The summed E-state index contributed by atoms with van der Waals surface area (Å²) in [5.41, 5.74) is 1.29. The highest BCUT2D eigenvalue weighted by Gasteiger charge is 1.95. The first-order chi connectivity index (χ1) is 7.43. The van der Waals surface area contributed by atoms with Gasteiger partial charge in [-0.3, -0.25) is 0 Å². The van der Waals surface area contributed by atoms with E-state index in [1.807, 2.05) is 18.4 Å². The number of aliphatic hydroxyl groups is 1. The summed E-state index contributed by atoms with van der Waals surface area (Å²) >= 11 is 0. The van der Waals surface area contributed by atoms with E-state index < -0.39 is 0 Å². The maximum Gasteiger partial charge on any atom is 0.0431 e. The lowest BCUT2D eigenvalue weighted by Crippen LogP contribution is -2.03. The highest BCUT2D eigenvalue weighted by Crippen LogP contribution is 2.10. The van der Waals surface area contributed by atoms with Gasteiger partial charge in [0.2, 0.25) is 0 Å². The zero-order valence-electron chi connectivity index (χ0n) is 9.28. The molecule has 2 nitrogen and oxygen atoms in total. The maximum atomic E-state index is 8.62. The van der Waals surface area contributed by atoms with Crippen molar-refractivity contribution >= 4 is 0 Å². The van der Waals surface area contributed by atoms with E-state index in [4.69, 9.17) is 5.11 Å². The van der Waals surface area contributed by atoms with Crippen LogP contribution in [0.5, 0.6) is 0 Å². The normalized spacial score (nSPS) is 14.6. The molecular weight excluding hydrogens is 186 g/mol. The molecule has 1 aliphatic heterocycles. The molecule has 0 aromatic carbocycles. The first-order valence-corrected chi connectivity index (χ1v) is 5.83. The molecule has 0 amide bonds. The molecule has 0 aromatic rings. The Kier molecular flexibility index (Phi) is 6.67. The van der Waals surface area contributed by atoms with Gasteiger partial charge < -0.3 is 10.4 Å². The van der Waals surface area contributed by atoms with E-state index in [0.717, 1.165) is 19.3 Å². The van der Waals surface area contributed by atoms with Crippen molar-refractivity contribution < 1.29 is 5.11 Å². The molecule has 0 atom stereocenters. The van der Waals surface area contributed by atoms with Gasteiger partial charge in [-0.25, -0.2) is 0 Å². The lowest BCUT2D eigenvalue weighted by atomic mass is 10.1. The molecule has 0 bridgehead atoms. The minimum absolute atomic E-state index is 0.336. The predicted octanol–water partition coefficient (Wildman–Crippen LogP) is 2.88. The van der Waals surface area contributed by atoms with Gasteiger partial charge in [-0.05, 0) is 31.4 Å². The molecule has 0 saturated carbocycles. The smallest absolute Gasteiger partial charge is 0.0431 e. The van der Waals surface area contributed by atoms with Crippen molar-refractivity contribution in [1.82, 2.24) is 5.32 Å². The van der Waals surface area contributed by atoms with Crippen LogP contribution in [-0.2, 0) is 0 Å². The summed E-state index contributed by atoms with van der Waals surface area (Å²) in [6, 6.07) is 0. The first kappa shape index (κ1) is 12.1. The van der Waals surface area contributed by atoms with Crippen LogP contribution in [0.4, 0.5) is 0 Å². The standard InChI is InChI=1S/C13H21NO/c15-12-8-3-1-2-5-9-13-10-6-4-7-11-14-13/h4,6-7,10-11,14-15H,1-3,5,8-9,12H2. The third kappa shape index (κ3) is 6.13. The molecule has 2 N–H and O–H groups in total. The molecule has 0 aromatic heterocycles. The molecule has 0 radical (unpaired) electrons. The number of hydrogen-bond acceptors (Lipinski definition) is 2. The summed E-state index contributed by atoms with van der Waals surface area (Å²) < 4.78 is 0. The van der Waals surface area contributed by atoms with Crippen LogP contribution in [0.25, 0.3) is 0 Å². The van der Waals surface area contributed by atoms with Gasteiger partial charge in [-0.2, -0.15) is 0 Å². The molecule has 0 saturated heterocycles. The molecule has 1 heterocycles. The van der Waals surface area contributed by atoms with Gasteiger partial charge in [0.1, 0.15) is 0 Å². The third-order valence-electron chi connectivity index (χ3n) is 2.49. The Balaban J connectivity index is 2.02. The van der Waals surface area contributed by atoms with Crippen LogP contribution >= 0.6 is 0 Å². The summed E-state index contributed by atoms with van der Waals surface area (Å²) in [6.45, 7) is 0.336. The van der Waals surface area contributed by atoms with Crippen molar-refractivity contribution in [2.45, 2.75) is 38.5 Å². The second-order valence-electron chi connectivity index (χ2n) is 3.82. The number of unbranched alkanes of at least 4 members (excludes halogenated alkanes) is 4. The monoisotopic (exact) mass is 207 g/mol. The zero-order chi connectivity index (χ0) is 10.8. The summed E-state index contributed by atoms with van der Waals surface area (Å²) in [5.74, 6) is 0. The Morgan fingerprint density at radius 2 is 1.73 bits per heavy atom. The quantitative estimate of drug-likeness (QED) is 0.629. The number of rotatable bonds is 7. The van der Waals surface area contributed by atoms with Crippen molar-refractivity contribution in [2.24, 2.45) is 0 Å². The van der Waals surface area contributed by atoms with Crippen molar-refractivity contribution in [3.8, 4) is 0 Å². The summed E-state index contributed by atoms with van der Waals surface area (Å²) in [5, 5.41) is 11.9. The zero-order valence-corrected chi connectivity index (χ0v) is 9.28. The van der Waals surface area contributed by atoms with E-state index in [1.54, 1.807) is 0 Å². The fraction of sp³-hybridized carbons (Fsp3) is 0.538. The van der Waals surface area contributed by atoms with E-state index in [0.29, 0.717) is 6.61 Å². The molecule has 0 fully saturated rings. The van der Waals surface area contributed by atoms with Crippen LogP contribution in [0.2, 0.25) is 0 Å². The minimum Gasteiger partial charge on any atom is -0.396 e. The molecule has 0 spiro atoms. The maximum absolute atomic E-state index is 8.62. The second kappa shape index (κ2) is 8.30. The van der Waals surface area contributed by atoms with Crippen LogP contribution in [-0.4, -0.2) is 11.7 Å². The second-order valence-corrected chi connectivity index (χ2v) is 3.82. The van der Waals surface area contributed by atoms with E-state index in [-0.39, 0.29) is 0 Å². The van der Waals surface area contributed by atoms with Gasteiger partial charge in [0.05, 0.1) is 0 Å². The summed E-state index contributed by atoms with van der Waals surface area (Å²) in [6.07, 6.45) is 17.2. The van der Waals surface area contributed by atoms with E-state index in [2.05, 4.69) is 17.5 Å². The van der Waals surface area contributed by atoms with Crippen molar-refractivity contribution in [3.63, 3.8) is 0 Å². The molecule has 1 aliphatic rings. The van der Waals surface area contributed by atoms with Crippen LogP contribution in [0.3, 0.4) is 0 Å². The van der Waals surface area contributed by atoms with E-state index in [1.165, 1.54) is 25.0 Å². The molecule has 0 unspecified atom stereocenters. The Morgan fingerprint density at radius 3 is 2.60 bits per heavy atom. The van der Waals surface area contributed by atoms with Gasteiger partial charge in [0.25, 0.3) is 0 Å². The minimum atomic E-state index is 0.336. The highest BCUT2D eigenvalue weighted by molar-refractivity contribution is 5.20. The van der Waals surface area contributed by atoms with Gasteiger partial charge in [0, 0.05) is 18.5 Å². The molecular formula is C13H21NO. The van der Waals surface area contributed by atoms with Crippen molar-refractivity contribution in [1.29, 1.82) is 0 Å². The fourth-order valence-electron chi connectivity index (χ4n) is 1.61. The van der Waals surface area contributed by atoms with Crippen LogP contribution in [0, 0.1) is 0 Å².